The van der Waals surface area contributed by atoms with Crippen LogP contribution in [0.1, 0.15) is 59.3 Å². The van der Waals surface area contributed by atoms with Gasteiger partial charge in [0.15, 0.2) is 6.29 Å². The molecule has 1 N–H and O–H groups in total. The van der Waals surface area contributed by atoms with Crippen LogP contribution in [0, 0.1) is 11.3 Å². The molecule has 11 nitrogen and oxygen atoms in total. The van der Waals surface area contributed by atoms with E-state index in [-0.39, 0.29) is 18.1 Å². The number of carbonyl (C=O) groups excluding carboxylic acids is 3. The first-order chi connectivity index (χ1) is 18.5. The van der Waals surface area contributed by atoms with Crippen molar-refractivity contribution >= 4 is 35.5 Å². The van der Waals surface area contributed by atoms with E-state index in [9.17, 15) is 19.6 Å². The Morgan fingerprint density at radius 1 is 1.24 bits per heavy atom. The Kier molecular flexibility index (Phi) is 7.51. The third-order valence-corrected chi connectivity index (χ3v) is 7.30. The molecule has 5 rings (SSSR count). The highest BCUT2D eigenvalue weighted by Gasteiger charge is 2.29. The maximum atomic E-state index is 13.3. The fourth-order valence-corrected chi connectivity index (χ4v) is 5.33. The predicted octanol–water partition coefficient (Wildman–Crippen LogP) is 2.88. The molecule has 3 amide bonds. The van der Waals surface area contributed by atoms with Crippen LogP contribution in [0.5, 0.6) is 0 Å². The molecule has 11 heteroatoms. The van der Waals surface area contributed by atoms with Crippen LogP contribution in [-0.4, -0.2) is 72.5 Å². The molecular formula is C27H31N7O4. The van der Waals surface area contributed by atoms with Gasteiger partial charge in [0.25, 0.3) is 5.91 Å². The second-order valence-electron chi connectivity index (χ2n) is 9.91. The summed E-state index contributed by atoms with van der Waals surface area (Å²) in [5, 5.41) is 12.3. The van der Waals surface area contributed by atoms with Crippen molar-refractivity contribution in [3.63, 3.8) is 0 Å². The van der Waals surface area contributed by atoms with Gasteiger partial charge in [0.2, 0.25) is 0 Å². The average molecular weight is 518 g/mol. The molecule has 0 aromatic carbocycles. The van der Waals surface area contributed by atoms with Gasteiger partial charge in [-0.25, -0.2) is 14.8 Å². The molecule has 0 spiro atoms. The van der Waals surface area contributed by atoms with Crippen molar-refractivity contribution in [1.29, 1.82) is 5.26 Å². The van der Waals surface area contributed by atoms with E-state index in [1.165, 1.54) is 11.1 Å². The Hall–Kier alpha value is -4.04. The van der Waals surface area contributed by atoms with E-state index in [2.05, 4.69) is 26.3 Å². The van der Waals surface area contributed by atoms with Gasteiger partial charge in [-0.2, -0.15) is 5.26 Å². The van der Waals surface area contributed by atoms with E-state index in [1.54, 1.807) is 18.0 Å². The van der Waals surface area contributed by atoms with Gasteiger partial charge < -0.3 is 14.5 Å². The zero-order valence-corrected chi connectivity index (χ0v) is 21.5. The summed E-state index contributed by atoms with van der Waals surface area (Å²) in [7, 11) is 1.69. The summed E-state index contributed by atoms with van der Waals surface area (Å²) >= 11 is 0. The van der Waals surface area contributed by atoms with Gasteiger partial charge in [0.1, 0.15) is 29.5 Å². The molecule has 2 saturated heterocycles. The third-order valence-electron chi connectivity index (χ3n) is 7.30. The number of rotatable bonds is 6. The third kappa shape index (κ3) is 5.17. The number of carbonyl (C=O) groups is 3. The number of hydrogen-bond donors (Lipinski definition) is 1. The SMILES string of the molecule is CN(Cc1cc2c(nc1C=O)N(C(=O)Nc1cc(N3CCCC3)c(C#N)cn1)CCC2)C(=O)C1CCCO1. The van der Waals surface area contributed by atoms with Crippen LogP contribution in [0.3, 0.4) is 0 Å². The largest absolute Gasteiger partial charge is 0.370 e. The molecule has 5 heterocycles. The van der Waals surface area contributed by atoms with Crippen LogP contribution in [0.15, 0.2) is 18.3 Å². The molecule has 0 bridgehead atoms. The number of pyridine rings is 2. The number of aromatic nitrogens is 2. The van der Waals surface area contributed by atoms with Crippen molar-refractivity contribution in [3.8, 4) is 6.07 Å². The highest BCUT2D eigenvalue weighted by Crippen LogP contribution is 2.30. The van der Waals surface area contributed by atoms with E-state index in [1.807, 2.05) is 6.07 Å². The summed E-state index contributed by atoms with van der Waals surface area (Å²) < 4.78 is 5.51. The maximum absolute atomic E-state index is 13.3. The number of fused-ring (bicyclic) bond motifs is 1. The molecular weight excluding hydrogens is 486 g/mol. The molecule has 0 radical (unpaired) electrons. The summed E-state index contributed by atoms with van der Waals surface area (Å²) in [4.78, 5) is 52.0. The number of ether oxygens (including phenoxy) is 1. The first-order valence-corrected chi connectivity index (χ1v) is 13.1. The highest BCUT2D eigenvalue weighted by atomic mass is 16.5. The molecule has 1 unspecified atom stereocenters. The Labute approximate surface area is 221 Å². The molecule has 38 heavy (non-hydrogen) atoms. The quantitative estimate of drug-likeness (QED) is 0.579. The Bertz CT molecular complexity index is 1280. The number of urea groups is 1. The second-order valence-corrected chi connectivity index (χ2v) is 9.91. The monoisotopic (exact) mass is 517 g/mol. The zero-order valence-electron chi connectivity index (χ0n) is 21.5. The first kappa shape index (κ1) is 25.6. The number of likely N-dealkylation sites (N-methyl/N-ethyl adjacent to an activating group) is 1. The Morgan fingerprint density at radius 2 is 2.05 bits per heavy atom. The topological polar surface area (TPSA) is 132 Å². The number of aldehydes is 1. The fourth-order valence-electron chi connectivity index (χ4n) is 5.33. The van der Waals surface area contributed by atoms with Gasteiger partial charge in [-0.3, -0.25) is 19.8 Å². The lowest BCUT2D eigenvalue weighted by Crippen LogP contribution is -2.40. The number of anilines is 3. The standard InChI is InChI=1S/C27H31N7O4/c1-32(26(36)23-7-5-11-38-23)16-19-12-18-6-4-10-34(25(18)30-21(19)17-35)27(37)31-24-13-22(20(14-28)15-29-24)33-8-2-3-9-33/h12-13,15,17,23H,2-11,16H2,1H3,(H,29,31,37). The van der Waals surface area contributed by atoms with Gasteiger partial charge in [-0.15, -0.1) is 0 Å². The zero-order chi connectivity index (χ0) is 26.6. The van der Waals surface area contributed by atoms with Crippen molar-refractivity contribution < 1.29 is 19.1 Å². The summed E-state index contributed by atoms with van der Waals surface area (Å²) in [5.74, 6) is 0.673. The molecule has 0 saturated carbocycles. The molecule has 198 valence electrons. The van der Waals surface area contributed by atoms with Crippen molar-refractivity contribution in [2.24, 2.45) is 0 Å². The van der Waals surface area contributed by atoms with Crippen LogP contribution >= 0.6 is 0 Å². The van der Waals surface area contributed by atoms with E-state index >= 15 is 0 Å². The Morgan fingerprint density at radius 3 is 2.76 bits per heavy atom. The minimum atomic E-state index is -0.439. The normalized spacial score (nSPS) is 18.6. The second kappa shape index (κ2) is 11.1. The maximum Gasteiger partial charge on any atom is 0.328 e. The van der Waals surface area contributed by atoms with Crippen LogP contribution in [-0.2, 0) is 22.5 Å². The van der Waals surface area contributed by atoms with E-state index in [4.69, 9.17) is 4.74 Å². The van der Waals surface area contributed by atoms with Crippen LogP contribution in [0.4, 0.5) is 22.1 Å². The summed E-state index contributed by atoms with van der Waals surface area (Å²) in [6, 6.07) is 5.39. The Balaban J connectivity index is 1.35. The number of nitrogens with zero attached hydrogens (tertiary/aromatic N) is 6. The van der Waals surface area contributed by atoms with Gasteiger partial charge in [-0.05, 0) is 50.2 Å². The smallest absolute Gasteiger partial charge is 0.328 e. The fraction of sp³-hybridized carbons (Fsp3) is 0.481. The number of nitriles is 1. The average Bonchev–Trinajstić information content (AvgIpc) is 3.67. The van der Waals surface area contributed by atoms with Crippen LogP contribution < -0.4 is 15.1 Å². The minimum absolute atomic E-state index is 0.110. The molecule has 2 aromatic rings. The summed E-state index contributed by atoms with van der Waals surface area (Å²) in [6.07, 6.45) is 6.82. The molecule has 3 aliphatic rings. The lowest BCUT2D eigenvalue weighted by atomic mass is 10.0. The number of aryl methyl sites for hydroxylation is 1. The lowest BCUT2D eigenvalue weighted by molar-refractivity contribution is -0.140. The van der Waals surface area contributed by atoms with Gasteiger partial charge in [-0.1, -0.05) is 0 Å². The van der Waals surface area contributed by atoms with Gasteiger partial charge in [0.05, 0.1) is 11.3 Å². The number of amides is 3. The molecule has 1 atom stereocenters. The van der Waals surface area contributed by atoms with Gasteiger partial charge >= 0.3 is 6.03 Å². The molecule has 2 aromatic heterocycles. The number of hydrogen-bond acceptors (Lipinski definition) is 8. The van der Waals surface area contributed by atoms with Crippen molar-refractivity contribution in [2.75, 3.05) is 48.4 Å². The minimum Gasteiger partial charge on any atom is -0.370 e. The summed E-state index contributed by atoms with van der Waals surface area (Å²) in [5.41, 5.74) is 2.92. The van der Waals surface area contributed by atoms with Crippen LogP contribution in [0.25, 0.3) is 0 Å². The van der Waals surface area contributed by atoms with E-state index in [0.717, 1.165) is 50.0 Å². The van der Waals surface area contributed by atoms with Gasteiger partial charge in [0, 0.05) is 57.7 Å². The van der Waals surface area contributed by atoms with Crippen molar-refractivity contribution in [3.05, 3.63) is 40.7 Å². The molecule has 3 aliphatic heterocycles. The molecule has 2 fully saturated rings. The number of nitrogens with one attached hydrogen (secondary N) is 1. The molecule has 0 aliphatic carbocycles. The first-order valence-electron chi connectivity index (χ1n) is 13.1. The van der Waals surface area contributed by atoms with Crippen LogP contribution in [0.2, 0.25) is 0 Å². The highest BCUT2D eigenvalue weighted by molar-refractivity contribution is 6.02. The van der Waals surface area contributed by atoms with E-state index < -0.39 is 12.1 Å². The summed E-state index contributed by atoms with van der Waals surface area (Å²) in [6.45, 7) is 2.98. The predicted molar refractivity (Wildman–Crippen MR) is 140 cm³/mol. The van der Waals surface area contributed by atoms with Crippen molar-refractivity contribution in [2.45, 2.75) is 51.2 Å². The van der Waals surface area contributed by atoms with E-state index in [0.29, 0.717) is 55.0 Å². The van der Waals surface area contributed by atoms with Crippen molar-refractivity contribution in [1.82, 2.24) is 14.9 Å². The lowest BCUT2D eigenvalue weighted by Gasteiger charge is -2.30.